The van der Waals surface area contributed by atoms with E-state index >= 15 is 0 Å². The molecule has 2 atom stereocenters. The van der Waals surface area contributed by atoms with Gasteiger partial charge in [-0.1, -0.05) is 25.2 Å². The quantitative estimate of drug-likeness (QED) is 0.857. The fraction of sp³-hybridized carbons (Fsp3) is 0.500. The monoisotopic (exact) mass is 342 g/mol. The Morgan fingerprint density at radius 2 is 2.26 bits per heavy atom. The van der Waals surface area contributed by atoms with Crippen molar-refractivity contribution < 1.29 is 4.74 Å². The standard InChI is InChI=1S/C14H19BrN2OS/c1-9-6-7-17(8-12(9)18-2)11-5-3-4-10(15)13(11)14(16)19/h3-5,9,12H,6-8H2,1-2H3,(H2,16,19). The van der Waals surface area contributed by atoms with Crippen LogP contribution in [0, 0.1) is 5.92 Å². The molecule has 5 heteroatoms. The molecule has 1 aromatic rings. The molecule has 2 rings (SSSR count). The van der Waals surface area contributed by atoms with Gasteiger partial charge in [0.05, 0.1) is 6.10 Å². The smallest absolute Gasteiger partial charge is 0.107 e. The average molecular weight is 343 g/mol. The fourth-order valence-electron chi connectivity index (χ4n) is 2.58. The molecule has 19 heavy (non-hydrogen) atoms. The van der Waals surface area contributed by atoms with E-state index in [4.69, 9.17) is 22.7 Å². The van der Waals surface area contributed by atoms with Gasteiger partial charge in [0.2, 0.25) is 0 Å². The van der Waals surface area contributed by atoms with Gasteiger partial charge in [0.25, 0.3) is 0 Å². The molecule has 1 aliphatic rings. The van der Waals surface area contributed by atoms with E-state index < -0.39 is 0 Å². The van der Waals surface area contributed by atoms with Crippen LogP contribution in [0.3, 0.4) is 0 Å². The molecule has 2 unspecified atom stereocenters. The van der Waals surface area contributed by atoms with E-state index in [1.165, 1.54) is 0 Å². The van der Waals surface area contributed by atoms with Crippen LogP contribution >= 0.6 is 28.1 Å². The Kier molecular flexibility index (Phi) is 4.81. The van der Waals surface area contributed by atoms with Crippen molar-refractivity contribution in [3.63, 3.8) is 0 Å². The van der Waals surface area contributed by atoms with E-state index in [-0.39, 0.29) is 6.10 Å². The first-order valence-corrected chi connectivity index (χ1v) is 7.60. The van der Waals surface area contributed by atoms with Crippen LogP contribution in [0.5, 0.6) is 0 Å². The van der Waals surface area contributed by atoms with Gasteiger partial charge in [-0.15, -0.1) is 0 Å². The van der Waals surface area contributed by atoms with Gasteiger partial charge >= 0.3 is 0 Å². The molecular formula is C14H19BrN2OS. The van der Waals surface area contributed by atoms with Crippen molar-refractivity contribution in [2.75, 3.05) is 25.1 Å². The molecule has 3 nitrogen and oxygen atoms in total. The number of thiocarbonyl (C=S) groups is 1. The van der Waals surface area contributed by atoms with E-state index in [0.717, 1.165) is 35.2 Å². The molecule has 1 aliphatic heterocycles. The topological polar surface area (TPSA) is 38.5 Å². The van der Waals surface area contributed by atoms with Crippen LogP contribution in [0.2, 0.25) is 0 Å². The third-order valence-electron chi connectivity index (χ3n) is 3.77. The van der Waals surface area contributed by atoms with Crippen molar-refractivity contribution >= 4 is 38.8 Å². The average Bonchev–Trinajstić information content (AvgIpc) is 2.38. The second-order valence-electron chi connectivity index (χ2n) is 4.98. The molecule has 0 amide bonds. The molecule has 1 saturated heterocycles. The Bertz CT molecular complexity index is 481. The first-order valence-electron chi connectivity index (χ1n) is 6.40. The molecule has 0 radical (unpaired) electrons. The summed E-state index contributed by atoms with van der Waals surface area (Å²) in [5.74, 6) is 0.585. The molecule has 0 aromatic heterocycles. The van der Waals surface area contributed by atoms with E-state index in [0.29, 0.717) is 10.9 Å². The van der Waals surface area contributed by atoms with Crippen LogP contribution in [0.25, 0.3) is 0 Å². The number of nitrogens with two attached hydrogens (primary N) is 1. The van der Waals surface area contributed by atoms with Gasteiger partial charge in [0.1, 0.15) is 4.99 Å². The highest BCUT2D eigenvalue weighted by molar-refractivity contribution is 9.10. The molecule has 1 fully saturated rings. The number of nitrogens with zero attached hydrogens (tertiary/aromatic N) is 1. The van der Waals surface area contributed by atoms with Gasteiger partial charge in [-0.25, -0.2) is 0 Å². The van der Waals surface area contributed by atoms with Crippen molar-refractivity contribution in [1.29, 1.82) is 0 Å². The number of hydrogen-bond acceptors (Lipinski definition) is 3. The summed E-state index contributed by atoms with van der Waals surface area (Å²) < 4.78 is 6.52. The first-order chi connectivity index (χ1) is 9.04. The summed E-state index contributed by atoms with van der Waals surface area (Å²) in [6.07, 6.45) is 1.37. The molecule has 104 valence electrons. The third kappa shape index (κ3) is 3.09. The van der Waals surface area contributed by atoms with Crippen LogP contribution in [-0.4, -0.2) is 31.3 Å². The summed E-state index contributed by atoms with van der Waals surface area (Å²) in [6.45, 7) is 4.12. The fourth-order valence-corrected chi connectivity index (χ4v) is 3.49. The zero-order chi connectivity index (χ0) is 14.0. The highest BCUT2D eigenvalue weighted by Gasteiger charge is 2.27. The first kappa shape index (κ1) is 14.8. The molecule has 1 aromatic carbocycles. The van der Waals surface area contributed by atoms with Gasteiger partial charge in [-0.05, 0) is 40.4 Å². The second-order valence-corrected chi connectivity index (χ2v) is 6.28. The highest BCUT2D eigenvalue weighted by Crippen LogP contribution is 2.31. The van der Waals surface area contributed by atoms with Crippen molar-refractivity contribution in [3.05, 3.63) is 28.2 Å². The van der Waals surface area contributed by atoms with E-state index in [1.54, 1.807) is 7.11 Å². The lowest BCUT2D eigenvalue weighted by Gasteiger charge is -2.38. The van der Waals surface area contributed by atoms with Crippen molar-refractivity contribution in [3.8, 4) is 0 Å². The van der Waals surface area contributed by atoms with Crippen LogP contribution in [0.4, 0.5) is 5.69 Å². The SMILES string of the molecule is COC1CN(c2cccc(Br)c2C(N)=S)CCC1C. The molecule has 0 spiro atoms. The molecular weight excluding hydrogens is 324 g/mol. The number of methoxy groups -OCH3 is 1. The Morgan fingerprint density at radius 1 is 1.53 bits per heavy atom. The molecule has 1 heterocycles. The van der Waals surface area contributed by atoms with Crippen molar-refractivity contribution in [1.82, 2.24) is 0 Å². The van der Waals surface area contributed by atoms with Gasteiger partial charge < -0.3 is 15.4 Å². The second kappa shape index (κ2) is 6.20. The predicted octanol–water partition coefficient (Wildman–Crippen LogP) is 2.94. The number of benzene rings is 1. The summed E-state index contributed by atoms with van der Waals surface area (Å²) >= 11 is 8.71. The maximum atomic E-state index is 5.86. The predicted molar refractivity (Wildman–Crippen MR) is 86.8 cm³/mol. The minimum Gasteiger partial charge on any atom is -0.389 e. The summed E-state index contributed by atoms with van der Waals surface area (Å²) in [5.41, 5.74) is 7.87. The van der Waals surface area contributed by atoms with Crippen molar-refractivity contribution in [2.45, 2.75) is 19.4 Å². The number of ether oxygens (including phenoxy) is 1. The lowest BCUT2D eigenvalue weighted by molar-refractivity contribution is 0.0498. The van der Waals surface area contributed by atoms with Gasteiger partial charge in [-0.2, -0.15) is 0 Å². The zero-order valence-corrected chi connectivity index (χ0v) is 13.6. The van der Waals surface area contributed by atoms with Crippen LogP contribution in [-0.2, 0) is 4.74 Å². The molecule has 0 saturated carbocycles. The van der Waals surface area contributed by atoms with Gasteiger partial charge in [0, 0.05) is 35.9 Å². The maximum absolute atomic E-state index is 5.86. The van der Waals surface area contributed by atoms with Crippen LogP contribution in [0.15, 0.2) is 22.7 Å². The Balaban J connectivity index is 2.32. The van der Waals surface area contributed by atoms with Gasteiger partial charge in [-0.3, -0.25) is 0 Å². The zero-order valence-electron chi connectivity index (χ0n) is 11.2. The largest absolute Gasteiger partial charge is 0.389 e. The lowest BCUT2D eigenvalue weighted by atomic mass is 9.95. The number of anilines is 1. The van der Waals surface area contributed by atoms with E-state index in [9.17, 15) is 0 Å². The minimum atomic E-state index is 0.256. The molecule has 2 N–H and O–H groups in total. The normalized spacial score (nSPS) is 23.4. The number of rotatable bonds is 3. The summed E-state index contributed by atoms with van der Waals surface area (Å²) in [4.78, 5) is 2.74. The minimum absolute atomic E-state index is 0.256. The lowest BCUT2D eigenvalue weighted by Crippen LogP contribution is -2.44. The van der Waals surface area contributed by atoms with Crippen LogP contribution < -0.4 is 10.6 Å². The summed E-state index contributed by atoms with van der Waals surface area (Å²) in [6, 6.07) is 6.06. The maximum Gasteiger partial charge on any atom is 0.107 e. The Labute approximate surface area is 128 Å². The Hall–Kier alpha value is -0.650. The molecule has 0 aliphatic carbocycles. The summed E-state index contributed by atoms with van der Waals surface area (Å²) in [7, 11) is 1.78. The number of hydrogen-bond donors (Lipinski definition) is 1. The van der Waals surface area contributed by atoms with Crippen molar-refractivity contribution in [2.24, 2.45) is 11.7 Å². The summed E-state index contributed by atoms with van der Waals surface area (Å²) in [5, 5.41) is 0. The van der Waals surface area contributed by atoms with Gasteiger partial charge in [0.15, 0.2) is 0 Å². The number of piperidine rings is 1. The highest BCUT2D eigenvalue weighted by atomic mass is 79.9. The number of halogens is 1. The Morgan fingerprint density at radius 3 is 2.89 bits per heavy atom. The third-order valence-corrected chi connectivity index (χ3v) is 4.64. The molecule has 0 bridgehead atoms. The van der Waals surface area contributed by atoms with E-state index in [2.05, 4.69) is 33.8 Å². The van der Waals surface area contributed by atoms with E-state index in [1.807, 2.05) is 12.1 Å². The van der Waals surface area contributed by atoms with Crippen LogP contribution in [0.1, 0.15) is 18.9 Å².